The molecule has 94 valence electrons. The molecule has 2 aromatic carbocycles. The average Bonchev–Trinajstić information content (AvgIpc) is 2.85. The standard InChI is InChI=1S/C15H13N3S/c1-11-10-19-15(17-11)18-16-9-13-7-4-6-12-5-2-3-8-14(12)13/h2-10H,1H3,(H,17,18). The zero-order valence-corrected chi connectivity index (χ0v) is 11.3. The molecule has 3 aromatic rings. The molecule has 0 spiro atoms. The molecule has 0 radical (unpaired) electrons. The van der Waals surface area contributed by atoms with Crippen LogP contribution in [0.15, 0.2) is 52.9 Å². The third kappa shape index (κ3) is 2.63. The number of hydrogen-bond acceptors (Lipinski definition) is 4. The Hall–Kier alpha value is -2.20. The van der Waals surface area contributed by atoms with Crippen molar-refractivity contribution in [3.63, 3.8) is 0 Å². The summed E-state index contributed by atoms with van der Waals surface area (Å²) in [6.45, 7) is 1.97. The second-order valence-electron chi connectivity index (χ2n) is 4.23. The van der Waals surface area contributed by atoms with Gasteiger partial charge in [0.15, 0.2) is 0 Å². The summed E-state index contributed by atoms with van der Waals surface area (Å²) in [6.07, 6.45) is 1.83. The Labute approximate surface area is 115 Å². The van der Waals surface area contributed by atoms with E-state index in [4.69, 9.17) is 0 Å². The van der Waals surface area contributed by atoms with Crippen molar-refractivity contribution in [2.24, 2.45) is 5.10 Å². The third-order valence-electron chi connectivity index (χ3n) is 2.81. The van der Waals surface area contributed by atoms with E-state index in [2.05, 4.69) is 39.8 Å². The van der Waals surface area contributed by atoms with Crippen LogP contribution in [0.3, 0.4) is 0 Å². The summed E-state index contributed by atoms with van der Waals surface area (Å²) in [7, 11) is 0. The highest BCUT2D eigenvalue weighted by Gasteiger charge is 1.98. The molecule has 0 fully saturated rings. The lowest BCUT2D eigenvalue weighted by molar-refractivity contribution is 1.22. The molecule has 0 amide bonds. The fourth-order valence-corrected chi connectivity index (χ4v) is 2.56. The van der Waals surface area contributed by atoms with Crippen molar-refractivity contribution in [2.75, 3.05) is 5.43 Å². The van der Waals surface area contributed by atoms with E-state index in [1.165, 1.54) is 10.8 Å². The first kappa shape index (κ1) is 11.9. The van der Waals surface area contributed by atoms with Crippen molar-refractivity contribution >= 4 is 33.5 Å². The predicted molar refractivity (Wildman–Crippen MR) is 82.0 cm³/mol. The molecule has 1 aromatic heterocycles. The van der Waals surface area contributed by atoms with E-state index in [1.807, 2.05) is 36.7 Å². The van der Waals surface area contributed by atoms with E-state index in [9.17, 15) is 0 Å². The zero-order valence-electron chi connectivity index (χ0n) is 10.5. The highest BCUT2D eigenvalue weighted by Crippen LogP contribution is 2.17. The first-order valence-electron chi connectivity index (χ1n) is 6.02. The van der Waals surface area contributed by atoms with Crippen LogP contribution >= 0.6 is 11.3 Å². The molecule has 0 saturated carbocycles. The van der Waals surface area contributed by atoms with Gasteiger partial charge in [0.2, 0.25) is 5.13 Å². The molecule has 3 nitrogen and oxygen atoms in total. The van der Waals surface area contributed by atoms with Gasteiger partial charge in [-0.15, -0.1) is 11.3 Å². The summed E-state index contributed by atoms with van der Waals surface area (Å²) in [5, 5.41) is 9.48. The first-order valence-corrected chi connectivity index (χ1v) is 6.90. The molecule has 0 aliphatic heterocycles. The van der Waals surface area contributed by atoms with Crippen molar-refractivity contribution in [3.8, 4) is 0 Å². The topological polar surface area (TPSA) is 37.3 Å². The van der Waals surface area contributed by atoms with Crippen LogP contribution in [-0.2, 0) is 0 Å². The molecule has 0 unspecified atom stereocenters. The number of hydrogen-bond donors (Lipinski definition) is 1. The number of rotatable bonds is 3. The minimum atomic E-state index is 0.814. The van der Waals surface area contributed by atoms with Crippen molar-refractivity contribution < 1.29 is 0 Å². The number of benzene rings is 2. The fraction of sp³-hybridized carbons (Fsp3) is 0.0667. The summed E-state index contributed by atoms with van der Waals surface area (Å²) in [4.78, 5) is 4.30. The van der Waals surface area contributed by atoms with Crippen molar-refractivity contribution in [1.82, 2.24) is 4.98 Å². The lowest BCUT2D eigenvalue weighted by Crippen LogP contribution is -1.91. The molecular formula is C15H13N3S. The van der Waals surface area contributed by atoms with Crippen LogP contribution < -0.4 is 5.43 Å². The van der Waals surface area contributed by atoms with Gasteiger partial charge in [0.25, 0.3) is 0 Å². The van der Waals surface area contributed by atoms with E-state index >= 15 is 0 Å². The maximum Gasteiger partial charge on any atom is 0.203 e. The molecular weight excluding hydrogens is 254 g/mol. The Bertz CT molecular complexity index is 726. The number of anilines is 1. The number of nitrogens with zero attached hydrogens (tertiary/aromatic N) is 2. The molecule has 19 heavy (non-hydrogen) atoms. The Morgan fingerprint density at radius 1 is 1.16 bits per heavy atom. The fourth-order valence-electron chi connectivity index (χ4n) is 1.93. The predicted octanol–water partition coefficient (Wildman–Crippen LogP) is 4.05. The summed E-state index contributed by atoms with van der Waals surface area (Å²) < 4.78 is 0. The summed E-state index contributed by atoms with van der Waals surface area (Å²) in [6, 6.07) is 14.5. The maximum absolute atomic E-state index is 4.30. The minimum absolute atomic E-state index is 0.814. The molecule has 0 aliphatic rings. The second-order valence-corrected chi connectivity index (χ2v) is 5.09. The van der Waals surface area contributed by atoms with Crippen LogP contribution in [0.4, 0.5) is 5.13 Å². The van der Waals surface area contributed by atoms with Crippen molar-refractivity contribution in [1.29, 1.82) is 0 Å². The Morgan fingerprint density at radius 2 is 2.00 bits per heavy atom. The van der Waals surface area contributed by atoms with Gasteiger partial charge in [0.05, 0.1) is 11.9 Å². The number of fused-ring (bicyclic) bond motifs is 1. The van der Waals surface area contributed by atoms with E-state index < -0.39 is 0 Å². The first-order chi connectivity index (χ1) is 9.33. The van der Waals surface area contributed by atoms with Crippen molar-refractivity contribution in [3.05, 3.63) is 59.1 Å². The summed E-state index contributed by atoms with van der Waals surface area (Å²) >= 11 is 1.55. The molecule has 0 saturated heterocycles. The molecule has 1 N–H and O–H groups in total. The van der Waals surface area contributed by atoms with E-state index in [-0.39, 0.29) is 0 Å². The van der Waals surface area contributed by atoms with Crippen molar-refractivity contribution in [2.45, 2.75) is 6.92 Å². The molecule has 3 rings (SSSR count). The van der Waals surface area contributed by atoms with Crippen LogP contribution in [-0.4, -0.2) is 11.2 Å². The maximum atomic E-state index is 4.30. The van der Waals surface area contributed by atoms with Gasteiger partial charge in [-0.1, -0.05) is 42.5 Å². The Balaban J connectivity index is 1.85. The normalized spacial score (nSPS) is 11.2. The number of thiazole rings is 1. The molecule has 1 heterocycles. The van der Waals surface area contributed by atoms with Crippen LogP contribution in [0, 0.1) is 6.92 Å². The van der Waals surface area contributed by atoms with Gasteiger partial charge in [-0.3, -0.25) is 5.43 Å². The molecule has 0 aliphatic carbocycles. The number of hydrazone groups is 1. The average molecular weight is 267 g/mol. The minimum Gasteiger partial charge on any atom is -0.253 e. The monoisotopic (exact) mass is 267 g/mol. The van der Waals surface area contributed by atoms with Crippen LogP contribution in [0.2, 0.25) is 0 Å². The van der Waals surface area contributed by atoms with Crippen LogP contribution in [0.5, 0.6) is 0 Å². The second kappa shape index (κ2) is 5.20. The smallest absolute Gasteiger partial charge is 0.203 e. The molecule has 0 atom stereocenters. The quantitative estimate of drug-likeness (QED) is 0.574. The van der Waals surface area contributed by atoms with E-state index in [0.29, 0.717) is 0 Å². The number of nitrogens with one attached hydrogen (secondary N) is 1. The highest BCUT2D eigenvalue weighted by molar-refractivity contribution is 7.13. The van der Waals surface area contributed by atoms with Gasteiger partial charge in [-0.2, -0.15) is 5.10 Å². The number of aromatic nitrogens is 1. The van der Waals surface area contributed by atoms with Gasteiger partial charge >= 0.3 is 0 Å². The van der Waals surface area contributed by atoms with Gasteiger partial charge in [0.1, 0.15) is 0 Å². The van der Waals surface area contributed by atoms with E-state index in [1.54, 1.807) is 11.3 Å². The van der Waals surface area contributed by atoms with Gasteiger partial charge in [0, 0.05) is 10.9 Å². The van der Waals surface area contributed by atoms with Crippen LogP contribution in [0.25, 0.3) is 10.8 Å². The van der Waals surface area contributed by atoms with Gasteiger partial charge in [-0.05, 0) is 17.7 Å². The molecule has 0 bridgehead atoms. The van der Waals surface area contributed by atoms with Crippen LogP contribution in [0.1, 0.15) is 11.3 Å². The van der Waals surface area contributed by atoms with Gasteiger partial charge in [-0.25, -0.2) is 4.98 Å². The zero-order chi connectivity index (χ0) is 13.1. The largest absolute Gasteiger partial charge is 0.253 e. The number of aryl methyl sites for hydroxylation is 1. The third-order valence-corrected chi connectivity index (χ3v) is 3.67. The lowest BCUT2D eigenvalue weighted by Gasteiger charge is -2.01. The highest BCUT2D eigenvalue weighted by atomic mass is 32.1. The molecule has 4 heteroatoms. The summed E-state index contributed by atoms with van der Waals surface area (Å²) in [5.74, 6) is 0. The van der Waals surface area contributed by atoms with E-state index in [0.717, 1.165) is 16.4 Å². The Morgan fingerprint density at radius 3 is 2.84 bits per heavy atom. The van der Waals surface area contributed by atoms with Gasteiger partial charge < -0.3 is 0 Å². The Kier molecular flexibility index (Phi) is 3.25. The lowest BCUT2D eigenvalue weighted by atomic mass is 10.1. The SMILES string of the molecule is Cc1csc(NN=Cc2cccc3ccccc23)n1. The summed E-state index contributed by atoms with van der Waals surface area (Å²) in [5.41, 5.74) is 5.06.